The molecule has 1 saturated heterocycles. The number of nitrogens with one attached hydrogen (secondary N) is 4. The van der Waals surface area contributed by atoms with Crippen molar-refractivity contribution in [3.8, 4) is 0 Å². The number of hydrogen-bond acceptors (Lipinski definition) is 6. The van der Waals surface area contributed by atoms with Crippen LogP contribution in [-0.2, 0) is 30.5 Å². The van der Waals surface area contributed by atoms with Crippen molar-refractivity contribution in [2.24, 2.45) is 11.8 Å². The number of hydrogen-bond donors (Lipinski definition) is 4. The quantitative estimate of drug-likeness (QED) is 0.290. The lowest BCUT2D eigenvalue weighted by molar-refractivity contribution is -0.141. The zero-order valence-corrected chi connectivity index (χ0v) is 22.8. The van der Waals surface area contributed by atoms with Crippen LogP contribution in [0.15, 0.2) is 24.3 Å². The summed E-state index contributed by atoms with van der Waals surface area (Å²) in [4.78, 5) is 64.1. The van der Waals surface area contributed by atoms with Crippen molar-refractivity contribution in [1.29, 1.82) is 0 Å². The Morgan fingerprint density at radius 1 is 0.974 bits per heavy atom. The number of Topliss-reactive ketones (excluding diaryl/α,β-unsaturated/α-hetero) is 1. The number of rotatable bonds is 12. The Morgan fingerprint density at radius 2 is 1.74 bits per heavy atom. The molecule has 3 atom stereocenters. The van der Waals surface area contributed by atoms with Gasteiger partial charge >= 0.3 is 6.09 Å². The molecule has 39 heavy (non-hydrogen) atoms. The van der Waals surface area contributed by atoms with Crippen molar-refractivity contribution in [1.82, 2.24) is 21.3 Å². The number of halogens is 1. The first-order valence-electron chi connectivity index (χ1n) is 13.9. The lowest BCUT2D eigenvalue weighted by Gasteiger charge is -2.28. The van der Waals surface area contributed by atoms with Crippen LogP contribution in [-0.4, -0.2) is 54.3 Å². The average Bonchev–Trinajstić information content (AvgIpc) is 3.65. The number of benzene rings is 1. The highest BCUT2D eigenvalue weighted by Crippen LogP contribution is 2.28. The molecule has 4 amide bonds. The molecule has 4 N–H and O–H groups in total. The van der Waals surface area contributed by atoms with E-state index in [9.17, 15) is 24.0 Å². The van der Waals surface area contributed by atoms with E-state index in [1.54, 1.807) is 24.3 Å². The van der Waals surface area contributed by atoms with E-state index in [-0.39, 0.29) is 30.9 Å². The molecular formula is C28H37ClN4O6. The predicted molar refractivity (Wildman–Crippen MR) is 144 cm³/mol. The van der Waals surface area contributed by atoms with Gasteiger partial charge in [0.15, 0.2) is 0 Å². The monoisotopic (exact) mass is 560 g/mol. The maximum absolute atomic E-state index is 13.5. The predicted octanol–water partition coefficient (Wildman–Crippen LogP) is 2.76. The summed E-state index contributed by atoms with van der Waals surface area (Å²) in [5.41, 5.74) is 0.702. The number of amides is 4. The lowest BCUT2D eigenvalue weighted by Crippen LogP contribution is -2.55. The molecule has 1 aliphatic heterocycles. The minimum Gasteiger partial charge on any atom is -0.445 e. The fourth-order valence-electron chi connectivity index (χ4n) is 5.25. The highest BCUT2D eigenvalue weighted by Gasteiger charge is 2.37. The smallest absolute Gasteiger partial charge is 0.408 e. The number of ketones is 1. The van der Waals surface area contributed by atoms with Crippen molar-refractivity contribution >= 4 is 41.2 Å². The third-order valence-corrected chi connectivity index (χ3v) is 7.85. The first-order chi connectivity index (χ1) is 18.8. The van der Waals surface area contributed by atoms with Gasteiger partial charge in [0.1, 0.15) is 12.6 Å². The minimum absolute atomic E-state index is 0.0177. The van der Waals surface area contributed by atoms with E-state index in [4.69, 9.17) is 16.3 Å². The molecule has 2 saturated carbocycles. The summed E-state index contributed by atoms with van der Waals surface area (Å²) in [5.74, 6) is -2.58. The molecule has 212 valence electrons. The van der Waals surface area contributed by atoms with Crippen LogP contribution < -0.4 is 21.3 Å². The minimum atomic E-state index is -1.18. The lowest BCUT2D eigenvalue weighted by atomic mass is 9.84. The summed E-state index contributed by atoms with van der Waals surface area (Å²) in [6, 6.07) is 4.76. The molecule has 11 heteroatoms. The molecule has 0 radical (unpaired) electrons. The van der Waals surface area contributed by atoms with Crippen LogP contribution in [0.5, 0.6) is 0 Å². The van der Waals surface area contributed by atoms with Crippen LogP contribution in [0.3, 0.4) is 0 Å². The van der Waals surface area contributed by atoms with E-state index >= 15 is 0 Å². The fraction of sp³-hybridized carbons (Fsp3) is 0.607. The van der Waals surface area contributed by atoms with Crippen LogP contribution in [0.1, 0.15) is 69.8 Å². The van der Waals surface area contributed by atoms with Crippen molar-refractivity contribution in [3.63, 3.8) is 0 Å². The maximum atomic E-state index is 13.5. The molecular weight excluding hydrogens is 524 g/mol. The van der Waals surface area contributed by atoms with E-state index in [0.29, 0.717) is 30.0 Å². The Bertz CT molecular complexity index is 1070. The average molecular weight is 561 g/mol. The van der Waals surface area contributed by atoms with Crippen LogP contribution in [0, 0.1) is 11.8 Å². The van der Waals surface area contributed by atoms with Gasteiger partial charge in [-0.2, -0.15) is 0 Å². The van der Waals surface area contributed by atoms with Gasteiger partial charge in [0.05, 0.1) is 6.04 Å². The van der Waals surface area contributed by atoms with E-state index in [0.717, 1.165) is 44.9 Å². The number of ether oxygens (including phenoxy) is 1. The largest absolute Gasteiger partial charge is 0.445 e. The van der Waals surface area contributed by atoms with E-state index in [1.807, 2.05) is 0 Å². The van der Waals surface area contributed by atoms with Gasteiger partial charge < -0.3 is 26.0 Å². The van der Waals surface area contributed by atoms with Gasteiger partial charge in [-0.15, -0.1) is 0 Å². The Hall–Kier alpha value is -3.14. The molecule has 0 unspecified atom stereocenters. The zero-order chi connectivity index (χ0) is 27.8. The van der Waals surface area contributed by atoms with Crippen molar-refractivity contribution in [3.05, 3.63) is 34.9 Å². The third kappa shape index (κ3) is 8.95. The Balaban J connectivity index is 1.43. The topological polar surface area (TPSA) is 143 Å². The molecule has 4 rings (SSSR count). The number of carbonyl (C=O) groups is 5. The number of carbonyl (C=O) groups excluding carboxylic acids is 5. The van der Waals surface area contributed by atoms with Gasteiger partial charge in [0, 0.05) is 23.5 Å². The first kappa shape index (κ1) is 28.9. The number of alkyl carbamates (subject to hydrolysis) is 1. The summed E-state index contributed by atoms with van der Waals surface area (Å²) in [6.07, 6.45) is 6.90. The second kappa shape index (κ2) is 13.8. The highest BCUT2D eigenvalue weighted by atomic mass is 35.5. The van der Waals surface area contributed by atoms with E-state index in [1.165, 1.54) is 0 Å². The van der Waals surface area contributed by atoms with Gasteiger partial charge in [-0.1, -0.05) is 55.8 Å². The van der Waals surface area contributed by atoms with Gasteiger partial charge in [0.2, 0.25) is 17.6 Å². The Labute approximate surface area is 233 Å². The van der Waals surface area contributed by atoms with Crippen LogP contribution in [0.25, 0.3) is 0 Å². The molecule has 2 aliphatic carbocycles. The summed E-state index contributed by atoms with van der Waals surface area (Å²) >= 11 is 6.00. The van der Waals surface area contributed by atoms with Gasteiger partial charge in [-0.3, -0.25) is 19.2 Å². The summed E-state index contributed by atoms with van der Waals surface area (Å²) in [7, 11) is 0. The molecule has 1 aromatic rings. The van der Waals surface area contributed by atoms with Crippen molar-refractivity contribution < 1.29 is 28.7 Å². The fourth-order valence-corrected chi connectivity index (χ4v) is 5.46. The molecule has 1 aromatic carbocycles. The Kier molecular flexibility index (Phi) is 10.2. The zero-order valence-electron chi connectivity index (χ0n) is 22.0. The molecule has 1 heterocycles. The van der Waals surface area contributed by atoms with Crippen LogP contribution in [0.4, 0.5) is 4.79 Å². The Morgan fingerprint density at radius 3 is 2.41 bits per heavy atom. The molecule has 0 bridgehead atoms. The highest BCUT2D eigenvalue weighted by molar-refractivity contribution is 6.38. The third-order valence-electron chi connectivity index (χ3n) is 7.61. The molecule has 3 fully saturated rings. The van der Waals surface area contributed by atoms with Crippen molar-refractivity contribution in [2.45, 2.75) is 88.9 Å². The molecule has 0 spiro atoms. The van der Waals surface area contributed by atoms with Gasteiger partial charge in [-0.25, -0.2) is 4.79 Å². The normalized spacial score (nSPS) is 20.8. The van der Waals surface area contributed by atoms with Crippen LogP contribution >= 0.6 is 11.6 Å². The van der Waals surface area contributed by atoms with E-state index < -0.39 is 41.7 Å². The summed E-state index contributed by atoms with van der Waals surface area (Å²) in [6.45, 7) is 0.459. The molecule has 10 nitrogen and oxygen atoms in total. The maximum Gasteiger partial charge on any atom is 0.408 e. The molecule has 3 aliphatic rings. The van der Waals surface area contributed by atoms with E-state index in [2.05, 4.69) is 21.3 Å². The summed E-state index contributed by atoms with van der Waals surface area (Å²) in [5, 5.41) is 11.3. The first-order valence-corrected chi connectivity index (χ1v) is 14.3. The van der Waals surface area contributed by atoms with Gasteiger partial charge in [0.25, 0.3) is 5.91 Å². The summed E-state index contributed by atoms with van der Waals surface area (Å²) < 4.78 is 5.34. The standard InChI is InChI=1S/C28H37ClN4O6/c29-20-8-4-7-18(13-20)16-39-28(38)33-23(14-17-5-2-1-3-6-17)26(36)32-22(15-19-11-12-30-25(19)35)24(34)27(37)31-21-9-10-21/h4,7-8,13,17,19,21-23H,1-3,5-6,9-12,14-16H2,(H,30,35)(H,31,37)(H,32,36)(H,33,38)/t19-,22-,23-/m0/s1. The van der Waals surface area contributed by atoms with Crippen molar-refractivity contribution in [2.75, 3.05) is 6.54 Å². The second-order valence-corrected chi connectivity index (χ2v) is 11.3. The molecule has 0 aromatic heterocycles. The van der Waals surface area contributed by atoms with Gasteiger partial charge in [-0.05, 0) is 55.7 Å². The van der Waals surface area contributed by atoms with Crippen LogP contribution in [0.2, 0.25) is 5.02 Å². The SMILES string of the molecule is O=C(N[C@@H](CC1CCCCC1)C(=O)N[C@@H](C[C@@H]1CCNC1=O)C(=O)C(=O)NC1CC1)OCc1cccc(Cl)c1. The second-order valence-electron chi connectivity index (χ2n) is 10.8.